The molecule has 0 saturated heterocycles. The van der Waals surface area contributed by atoms with Crippen LogP contribution in [0.1, 0.15) is 129 Å². The van der Waals surface area contributed by atoms with Gasteiger partial charge in [-0.15, -0.1) is 0 Å². The summed E-state index contributed by atoms with van der Waals surface area (Å²) in [5.41, 5.74) is 5.00. The lowest BCUT2D eigenvalue weighted by molar-refractivity contribution is -0.219. The Balaban J connectivity index is 1.31. The summed E-state index contributed by atoms with van der Waals surface area (Å²) in [6, 6.07) is 7.72. The van der Waals surface area contributed by atoms with Crippen molar-refractivity contribution in [3.8, 4) is 0 Å². The fourth-order valence-corrected chi connectivity index (χ4v) is 13.0. The lowest BCUT2D eigenvalue weighted by Crippen LogP contribution is -2.68. The quantitative estimate of drug-likeness (QED) is 0.264. The molecule has 4 saturated carbocycles. The molecule has 5 aliphatic rings. The monoisotopic (exact) mass is 628 g/mol. The smallest absolute Gasteiger partial charge is 0.335 e. The van der Waals surface area contributed by atoms with Gasteiger partial charge < -0.3 is 15.7 Å². The summed E-state index contributed by atoms with van der Waals surface area (Å²) in [5.74, 6) is 2.16. The first kappa shape index (κ1) is 33.5. The number of hydrogen-bond donors (Lipinski definition) is 3. The van der Waals surface area contributed by atoms with Crippen molar-refractivity contribution in [2.75, 3.05) is 6.54 Å². The molecule has 1 aromatic rings. The highest BCUT2D eigenvalue weighted by Gasteiger charge is 2.70. The molecule has 3 N–H and O–H groups in total. The fraction of sp³-hybridized carbons (Fsp3) is 0.707. The third-order valence-electron chi connectivity index (χ3n) is 15.1. The maximum Gasteiger partial charge on any atom is 0.335 e. The molecule has 0 aliphatic heterocycles. The van der Waals surface area contributed by atoms with E-state index in [4.69, 9.17) is 0 Å². The molecule has 5 nitrogen and oxygen atoms in total. The first-order valence-corrected chi connectivity index (χ1v) is 18.2. The van der Waals surface area contributed by atoms with Gasteiger partial charge in [0.15, 0.2) is 0 Å². The van der Waals surface area contributed by atoms with Crippen LogP contribution in [-0.2, 0) is 4.79 Å². The Kier molecular flexibility index (Phi) is 8.26. The Hall–Kier alpha value is -2.40. The normalized spacial score (nSPS) is 41.0. The maximum absolute atomic E-state index is 12.8. The van der Waals surface area contributed by atoms with Crippen LogP contribution in [0.5, 0.6) is 0 Å². The van der Waals surface area contributed by atoms with Crippen LogP contribution in [-0.4, -0.2) is 35.1 Å². The predicted molar refractivity (Wildman–Crippen MR) is 187 cm³/mol. The molecule has 5 aliphatic carbocycles. The number of amides is 1. The van der Waals surface area contributed by atoms with Crippen LogP contribution < -0.4 is 10.6 Å². The molecule has 9 unspecified atom stereocenters. The Labute approximate surface area is 278 Å². The number of aromatic carboxylic acids is 1. The highest BCUT2D eigenvalue weighted by Crippen LogP contribution is 2.76. The number of fused-ring (bicyclic) bond motifs is 7. The van der Waals surface area contributed by atoms with E-state index in [1.54, 1.807) is 12.1 Å². The number of benzene rings is 1. The van der Waals surface area contributed by atoms with Crippen molar-refractivity contribution in [2.45, 2.75) is 125 Å². The Morgan fingerprint density at radius 1 is 0.913 bits per heavy atom. The molecule has 4 fully saturated rings. The Morgan fingerprint density at radius 2 is 1.61 bits per heavy atom. The second kappa shape index (κ2) is 11.3. The van der Waals surface area contributed by atoms with Gasteiger partial charge in [-0.3, -0.25) is 4.79 Å². The van der Waals surface area contributed by atoms with Gasteiger partial charge in [0.1, 0.15) is 0 Å². The van der Waals surface area contributed by atoms with Gasteiger partial charge in [0, 0.05) is 11.6 Å². The van der Waals surface area contributed by atoms with Crippen LogP contribution in [0.4, 0.5) is 0 Å². The van der Waals surface area contributed by atoms with Crippen molar-refractivity contribution in [3.05, 3.63) is 53.6 Å². The van der Waals surface area contributed by atoms with Crippen LogP contribution in [0.15, 0.2) is 42.5 Å². The molecule has 0 radical (unpaired) electrons. The summed E-state index contributed by atoms with van der Waals surface area (Å²) >= 11 is 0. The highest BCUT2D eigenvalue weighted by atomic mass is 16.4. The third kappa shape index (κ3) is 4.88. The van der Waals surface area contributed by atoms with Gasteiger partial charge in [0.2, 0.25) is 5.91 Å². The van der Waals surface area contributed by atoms with Gasteiger partial charge in [-0.1, -0.05) is 65.0 Å². The largest absolute Gasteiger partial charge is 0.478 e. The highest BCUT2D eigenvalue weighted by molar-refractivity contribution is 5.88. The van der Waals surface area contributed by atoms with Gasteiger partial charge in [0.05, 0.1) is 12.1 Å². The molecule has 0 heterocycles. The van der Waals surface area contributed by atoms with Crippen molar-refractivity contribution in [1.82, 2.24) is 10.6 Å². The third-order valence-corrected chi connectivity index (χ3v) is 15.1. The fourth-order valence-electron chi connectivity index (χ4n) is 13.0. The zero-order valence-electron chi connectivity index (χ0n) is 29.9. The average molecular weight is 629 g/mol. The van der Waals surface area contributed by atoms with Crippen molar-refractivity contribution >= 4 is 17.4 Å². The lowest BCUT2D eigenvalue weighted by Gasteiger charge is -2.72. The SMILES string of the molecule is C=C(C)C1CCC2(NCC(=O)NC(C)C)CCC3(C)C(CCC4C5(C)CC=C(c6ccc(C(=O)O)cc6)C(C)(C)C5CCC43C)C12. The average Bonchev–Trinajstić information content (AvgIpc) is 3.36. The minimum atomic E-state index is -0.869. The topological polar surface area (TPSA) is 78.4 Å². The second-order valence-electron chi connectivity index (χ2n) is 17.8. The first-order chi connectivity index (χ1) is 21.5. The molecule has 0 aromatic heterocycles. The number of carbonyl (C=O) groups excluding carboxylic acids is 1. The number of nitrogens with one attached hydrogen (secondary N) is 2. The molecule has 1 aromatic carbocycles. The molecular weight excluding hydrogens is 568 g/mol. The number of carboxylic acids is 1. The van der Waals surface area contributed by atoms with Gasteiger partial charge in [-0.25, -0.2) is 4.79 Å². The van der Waals surface area contributed by atoms with Gasteiger partial charge in [0.25, 0.3) is 0 Å². The molecule has 252 valence electrons. The summed E-state index contributed by atoms with van der Waals surface area (Å²) < 4.78 is 0. The molecule has 5 heteroatoms. The molecule has 9 atom stereocenters. The van der Waals surface area contributed by atoms with Crippen LogP contribution in [0.3, 0.4) is 0 Å². The second-order valence-corrected chi connectivity index (χ2v) is 17.8. The number of rotatable bonds is 7. The summed E-state index contributed by atoms with van der Waals surface area (Å²) in [5, 5.41) is 16.5. The maximum atomic E-state index is 12.8. The molecule has 0 bridgehead atoms. The van der Waals surface area contributed by atoms with Crippen LogP contribution in [0.2, 0.25) is 0 Å². The van der Waals surface area contributed by atoms with Gasteiger partial charge in [-0.2, -0.15) is 0 Å². The minimum absolute atomic E-state index is 0.00945. The predicted octanol–water partition coefficient (Wildman–Crippen LogP) is 8.90. The van der Waals surface area contributed by atoms with E-state index in [0.29, 0.717) is 41.7 Å². The van der Waals surface area contributed by atoms with E-state index in [2.05, 4.69) is 64.8 Å². The van der Waals surface area contributed by atoms with Crippen LogP contribution in [0.25, 0.3) is 5.57 Å². The van der Waals surface area contributed by atoms with Gasteiger partial charge in [-0.05, 0) is 153 Å². The van der Waals surface area contributed by atoms with Crippen molar-refractivity contribution in [3.63, 3.8) is 0 Å². The zero-order valence-corrected chi connectivity index (χ0v) is 29.9. The van der Waals surface area contributed by atoms with E-state index in [0.717, 1.165) is 19.3 Å². The zero-order chi connectivity index (χ0) is 33.4. The van der Waals surface area contributed by atoms with Crippen molar-refractivity contribution in [1.29, 1.82) is 0 Å². The molecule has 0 spiro atoms. The number of hydrogen-bond acceptors (Lipinski definition) is 3. The molecular formula is C41H60N2O3. The van der Waals surface area contributed by atoms with E-state index >= 15 is 0 Å². The number of carboxylic acid groups (broad SMARTS) is 1. The van der Waals surface area contributed by atoms with Gasteiger partial charge >= 0.3 is 5.97 Å². The van der Waals surface area contributed by atoms with Crippen molar-refractivity contribution in [2.24, 2.45) is 51.2 Å². The standard InChI is InChI=1S/C41H60N2O3/c1-25(2)29-16-21-41(42-24-34(44)43-26(3)4)23-22-39(8)31(35(29)41)14-15-33-38(7)19-17-30(27-10-12-28(13-11-27)36(45)46)37(5,6)32(38)18-20-40(33,39)9/h10-13,17,26,29,31-33,35,42H,1,14-16,18-24H2,2-9H3,(H,43,44)(H,45,46). The summed E-state index contributed by atoms with van der Waals surface area (Å²) in [6.45, 7) is 24.2. The number of allylic oxidation sites excluding steroid dienone is 3. The summed E-state index contributed by atoms with van der Waals surface area (Å²) in [6.07, 6.45) is 13.4. The lowest BCUT2D eigenvalue weighted by atomic mass is 9.33. The number of carbonyl (C=O) groups is 2. The van der Waals surface area contributed by atoms with E-state index in [1.807, 2.05) is 26.0 Å². The Bertz CT molecular complexity index is 1430. The van der Waals surface area contributed by atoms with E-state index in [9.17, 15) is 14.7 Å². The Morgan fingerprint density at radius 3 is 2.24 bits per heavy atom. The van der Waals surface area contributed by atoms with Crippen LogP contribution >= 0.6 is 0 Å². The molecule has 46 heavy (non-hydrogen) atoms. The van der Waals surface area contributed by atoms with E-state index in [1.165, 1.54) is 55.2 Å². The molecule has 6 rings (SSSR count). The summed E-state index contributed by atoms with van der Waals surface area (Å²) in [4.78, 5) is 24.4. The van der Waals surface area contributed by atoms with Crippen LogP contribution in [0, 0.1) is 51.2 Å². The van der Waals surface area contributed by atoms with Crippen molar-refractivity contribution < 1.29 is 14.7 Å². The molecule has 1 amide bonds. The minimum Gasteiger partial charge on any atom is -0.478 e. The summed E-state index contributed by atoms with van der Waals surface area (Å²) in [7, 11) is 0. The van der Waals surface area contributed by atoms with E-state index in [-0.39, 0.29) is 39.1 Å². The van der Waals surface area contributed by atoms with E-state index < -0.39 is 5.97 Å². The first-order valence-electron chi connectivity index (χ1n) is 18.2.